The zero-order valence-corrected chi connectivity index (χ0v) is 12.6. The topological polar surface area (TPSA) is 18.5 Å². The molecule has 0 amide bonds. The maximum atomic E-state index is 5.55. The summed E-state index contributed by atoms with van der Waals surface area (Å²) in [5.41, 5.74) is 2.45. The summed E-state index contributed by atoms with van der Waals surface area (Å²) in [7, 11) is 3.42. The molecule has 0 fully saturated rings. The second kappa shape index (κ2) is 5.17. The highest BCUT2D eigenvalue weighted by atomic mass is 32.1. The lowest BCUT2D eigenvalue weighted by Gasteiger charge is -2.08. The average molecular weight is 284 g/mol. The van der Waals surface area contributed by atoms with Gasteiger partial charge in [0.05, 0.1) is 18.9 Å². The number of hydrogen-bond acceptors (Lipinski definition) is 3. The van der Waals surface area contributed by atoms with Crippen LogP contribution in [0.1, 0.15) is 4.88 Å². The molecule has 0 aliphatic carbocycles. The molecule has 3 aromatic rings. The Morgan fingerprint density at radius 1 is 0.850 bits per heavy atom. The maximum absolute atomic E-state index is 5.55. The summed E-state index contributed by atoms with van der Waals surface area (Å²) < 4.78 is 12.2. The molecule has 102 valence electrons. The number of hydrogen-bond donors (Lipinski definition) is 0. The van der Waals surface area contributed by atoms with Gasteiger partial charge < -0.3 is 9.47 Å². The van der Waals surface area contributed by atoms with Crippen molar-refractivity contribution in [2.45, 2.75) is 6.92 Å². The van der Waals surface area contributed by atoms with Crippen LogP contribution in [0, 0.1) is 6.92 Å². The molecule has 0 spiro atoms. The van der Waals surface area contributed by atoms with E-state index in [1.807, 2.05) is 18.2 Å². The van der Waals surface area contributed by atoms with Gasteiger partial charge in [0.25, 0.3) is 0 Å². The minimum atomic E-state index is 0.893. The van der Waals surface area contributed by atoms with Gasteiger partial charge in [-0.3, -0.25) is 0 Å². The second-order valence-electron chi connectivity index (χ2n) is 4.57. The molecule has 3 rings (SSSR count). The fraction of sp³-hybridized carbons (Fsp3) is 0.176. The Morgan fingerprint density at radius 2 is 1.50 bits per heavy atom. The molecule has 1 aromatic heterocycles. The zero-order valence-electron chi connectivity index (χ0n) is 11.8. The number of ether oxygens (including phenoxy) is 2. The highest BCUT2D eigenvalue weighted by molar-refractivity contribution is 7.20. The Bertz CT molecular complexity index is 745. The lowest BCUT2D eigenvalue weighted by molar-refractivity contribution is 0.411. The van der Waals surface area contributed by atoms with Gasteiger partial charge in [-0.15, -0.1) is 11.3 Å². The third-order valence-electron chi connectivity index (χ3n) is 3.44. The van der Waals surface area contributed by atoms with E-state index in [4.69, 9.17) is 9.47 Å². The molecule has 0 N–H and O–H groups in total. The molecule has 0 aliphatic heterocycles. The zero-order chi connectivity index (χ0) is 14.1. The van der Waals surface area contributed by atoms with Crippen molar-refractivity contribution in [3.05, 3.63) is 47.3 Å². The Hall–Kier alpha value is -2.00. The summed E-state index contributed by atoms with van der Waals surface area (Å²) in [4.78, 5) is 1.27. The first-order chi connectivity index (χ1) is 9.76. The summed E-state index contributed by atoms with van der Waals surface area (Å²) in [5, 5.41) is 1.14. The Labute approximate surface area is 122 Å². The van der Waals surface area contributed by atoms with Crippen LogP contribution in [-0.4, -0.2) is 14.2 Å². The van der Waals surface area contributed by atoms with Gasteiger partial charge >= 0.3 is 0 Å². The van der Waals surface area contributed by atoms with Crippen LogP contribution in [0.4, 0.5) is 0 Å². The standard InChI is InChI=1S/C17H16O2S/c1-11-15(12-7-5-4-6-8-12)16-13(18-2)9-10-14(19-3)17(16)20-11/h4-10H,1-3H3. The van der Waals surface area contributed by atoms with Crippen LogP contribution >= 0.6 is 11.3 Å². The molecule has 2 aromatic carbocycles. The number of fused-ring (bicyclic) bond motifs is 1. The molecule has 2 nitrogen and oxygen atoms in total. The van der Waals surface area contributed by atoms with Crippen LogP contribution < -0.4 is 9.47 Å². The van der Waals surface area contributed by atoms with Gasteiger partial charge in [0.1, 0.15) is 11.5 Å². The average Bonchev–Trinajstić information content (AvgIpc) is 2.84. The van der Waals surface area contributed by atoms with Crippen molar-refractivity contribution in [2.24, 2.45) is 0 Å². The molecule has 20 heavy (non-hydrogen) atoms. The van der Waals surface area contributed by atoms with Crippen LogP contribution in [0.5, 0.6) is 11.5 Å². The minimum Gasteiger partial charge on any atom is -0.496 e. The van der Waals surface area contributed by atoms with Crippen molar-refractivity contribution in [3.63, 3.8) is 0 Å². The lowest BCUT2D eigenvalue weighted by atomic mass is 10.0. The molecule has 0 atom stereocenters. The first-order valence-corrected chi connectivity index (χ1v) is 7.27. The van der Waals surface area contributed by atoms with Crippen molar-refractivity contribution < 1.29 is 9.47 Å². The second-order valence-corrected chi connectivity index (χ2v) is 5.80. The van der Waals surface area contributed by atoms with Gasteiger partial charge in [-0.25, -0.2) is 0 Å². The highest BCUT2D eigenvalue weighted by Crippen LogP contribution is 2.46. The summed E-state index contributed by atoms with van der Waals surface area (Å²) in [6, 6.07) is 14.4. The van der Waals surface area contributed by atoms with E-state index in [-0.39, 0.29) is 0 Å². The van der Waals surface area contributed by atoms with E-state index in [1.165, 1.54) is 16.0 Å². The van der Waals surface area contributed by atoms with Crippen LogP contribution in [-0.2, 0) is 0 Å². The Kier molecular flexibility index (Phi) is 3.36. The maximum Gasteiger partial charge on any atom is 0.136 e. The predicted octanol–water partition coefficient (Wildman–Crippen LogP) is 4.89. The number of benzene rings is 2. The SMILES string of the molecule is COc1ccc(OC)c2c(-c3ccccc3)c(C)sc12. The molecule has 0 saturated heterocycles. The summed E-state index contributed by atoms with van der Waals surface area (Å²) in [6.07, 6.45) is 0. The van der Waals surface area contributed by atoms with E-state index in [0.29, 0.717) is 0 Å². The predicted molar refractivity (Wildman–Crippen MR) is 85.1 cm³/mol. The summed E-state index contributed by atoms with van der Waals surface area (Å²) >= 11 is 1.75. The number of aryl methyl sites for hydroxylation is 1. The molecule has 0 aliphatic rings. The molecule has 0 bridgehead atoms. The van der Waals surface area contributed by atoms with Gasteiger partial charge in [-0.2, -0.15) is 0 Å². The molecule has 1 heterocycles. The van der Waals surface area contributed by atoms with Crippen molar-refractivity contribution >= 4 is 21.4 Å². The normalized spacial score (nSPS) is 10.8. The monoisotopic (exact) mass is 284 g/mol. The molecule has 0 unspecified atom stereocenters. The smallest absolute Gasteiger partial charge is 0.136 e. The van der Waals surface area contributed by atoms with E-state index in [0.717, 1.165) is 21.6 Å². The lowest BCUT2D eigenvalue weighted by Crippen LogP contribution is -1.88. The molecule has 0 saturated carbocycles. The molecular formula is C17H16O2S. The van der Waals surface area contributed by atoms with Crippen molar-refractivity contribution in [1.82, 2.24) is 0 Å². The van der Waals surface area contributed by atoms with Gasteiger partial charge in [-0.1, -0.05) is 30.3 Å². The van der Waals surface area contributed by atoms with Crippen molar-refractivity contribution in [1.29, 1.82) is 0 Å². The quantitative estimate of drug-likeness (QED) is 0.681. The van der Waals surface area contributed by atoms with E-state index < -0.39 is 0 Å². The van der Waals surface area contributed by atoms with E-state index >= 15 is 0 Å². The fourth-order valence-electron chi connectivity index (χ4n) is 2.55. The van der Waals surface area contributed by atoms with E-state index in [1.54, 1.807) is 25.6 Å². The van der Waals surface area contributed by atoms with Crippen LogP contribution in [0.25, 0.3) is 21.2 Å². The number of thiophene rings is 1. The summed E-state index contributed by atoms with van der Waals surface area (Å²) in [5.74, 6) is 1.79. The van der Waals surface area contributed by atoms with Crippen molar-refractivity contribution in [3.8, 4) is 22.6 Å². The Morgan fingerprint density at radius 3 is 2.15 bits per heavy atom. The van der Waals surface area contributed by atoms with Gasteiger partial charge in [0.2, 0.25) is 0 Å². The largest absolute Gasteiger partial charge is 0.496 e. The number of methoxy groups -OCH3 is 2. The molecular weight excluding hydrogens is 268 g/mol. The fourth-order valence-corrected chi connectivity index (χ4v) is 3.73. The molecule has 0 radical (unpaired) electrons. The third-order valence-corrected chi connectivity index (χ3v) is 4.56. The first kappa shape index (κ1) is 13.0. The van der Waals surface area contributed by atoms with Gasteiger partial charge in [0, 0.05) is 15.8 Å². The van der Waals surface area contributed by atoms with E-state index in [2.05, 4.69) is 31.2 Å². The highest BCUT2D eigenvalue weighted by Gasteiger charge is 2.18. The minimum absolute atomic E-state index is 0.893. The first-order valence-electron chi connectivity index (χ1n) is 6.45. The van der Waals surface area contributed by atoms with Crippen LogP contribution in [0.15, 0.2) is 42.5 Å². The van der Waals surface area contributed by atoms with Gasteiger partial charge in [0.15, 0.2) is 0 Å². The Balaban J connectivity index is 2.40. The van der Waals surface area contributed by atoms with Gasteiger partial charge in [-0.05, 0) is 24.6 Å². The summed E-state index contributed by atoms with van der Waals surface area (Å²) in [6.45, 7) is 2.14. The van der Waals surface area contributed by atoms with Crippen LogP contribution in [0.2, 0.25) is 0 Å². The molecule has 3 heteroatoms. The number of rotatable bonds is 3. The third kappa shape index (κ3) is 1.95. The van der Waals surface area contributed by atoms with E-state index in [9.17, 15) is 0 Å². The van der Waals surface area contributed by atoms with Crippen molar-refractivity contribution in [2.75, 3.05) is 14.2 Å². The van der Waals surface area contributed by atoms with Crippen LogP contribution in [0.3, 0.4) is 0 Å².